The molecule has 1 aromatic rings. The van der Waals surface area contributed by atoms with E-state index in [1.165, 1.54) is 29.5 Å². The zero-order chi connectivity index (χ0) is 15.5. The number of rotatable bonds is 6. The monoisotopic (exact) mass is 289 g/mol. The van der Waals surface area contributed by atoms with E-state index in [1.54, 1.807) is 0 Å². The quantitative estimate of drug-likeness (QED) is 0.859. The summed E-state index contributed by atoms with van der Waals surface area (Å²) in [6.07, 6.45) is 5.08. The lowest BCUT2D eigenvalue weighted by atomic mass is 9.81. The van der Waals surface area contributed by atoms with E-state index in [9.17, 15) is 5.11 Å². The molecule has 1 heterocycles. The van der Waals surface area contributed by atoms with E-state index >= 15 is 0 Å². The van der Waals surface area contributed by atoms with Gasteiger partial charge in [0.25, 0.3) is 0 Å². The van der Waals surface area contributed by atoms with Crippen LogP contribution in [0, 0.1) is 13.8 Å². The number of hydrogen-bond donors (Lipinski definition) is 1. The third-order valence-electron chi connectivity index (χ3n) is 5.58. The Morgan fingerprint density at radius 3 is 2.24 bits per heavy atom. The van der Waals surface area contributed by atoms with Gasteiger partial charge in [0.15, 0.2) is 0 Å². The van der Waals surface area contributed by atoms with Crippen LogP contribution in [0.2, 0.25) is 0 Å². The molecule has 0 amide bonds. The molecule has 118 valence electrons. The summed E-state index contributed by atoms with van der Waals surface area (Å²) >= 11 is 0. The minimum absolute atomic E-state index is 0.0463. The second kappa shape index (κ2) is 6.93. The Labute approximate surface area is 130 Å². The van der Waals surface area contributed by atoms with Crippen LogP contribution >= 0.6 is 0 Å². The molecule has 1 aromatic carbocycles. The summed E-state index contributed by atoms with van der Waals surface area (Å²) < 4.78 is 0. The highest BCUT2D eigenvalue weighted by atomic mass is 16.3. The van der Waals surface area contributed by atoms with Crippen LogP contribution in [0.25, 0.3) is 0 Å². The number of aryl methyl sites for hydroxylation is 2. The van der Waals surface area contributed by atoms with E-state index in [-0.39, 0.29) is 11.6 Å². The Morgan fingerprint density at radius 1 is 1.10 bits per heavy atom. The number of hydrogen-bond acceptors (Lipinski definition) is 2. The summed E-state index contributed by atoms with van der Waals surface area (Å²) in [6.45, 7) is 11.0. The molecule has 0 saturated carbocycles. The topological polar surface area (TPSA) is 23.5 Å². The molecule has 2 heteroatoms. The van der Waals surface area contributed by atoms with E-state index in [1.807, 2.05) is 0 Å². The highest BCUT2D eigenvalue weighted by Crippen LogP contribution is 2.33. The Hall–Kier alpha value is -0.860. The zero-order valence-corrected chi connectivity index (χ0v) is 14.2. The largest absolute Gasteiger partial charge is 0.391 e. The first-order valence-corrected chi connectivity index (χ1v) is 8.52. The minimum Gasteiger partial charge on any atom is -0.391 e. The molecule has 0 spiro atoms. The molecule has 0 aliphatic carbocycles. The van der Waals surface area contributed by atoms with E-state index < -0.39 is 0 Å². The fourth-order valence-electron chi connectivity index (χ4n) is 3.89. The fourth-order valence-corrected chi connectivity index (χ4v) is 3.89. The van der Waals surface area contributed by atoms with Crippen LogP contribution in [0.3, 0.4) is 0 Å². The average Bonchev–Trinajstić information content (AvgIpc) is 3.00. The van der Waals surface area contributed by atoms with Gasteiger partial charge in [-0.15, -0.1) is 0 Å². The standard InChI is InChI=1S/C19H31NO/c1-5-19(6-2,20-11-7-8-12-20)18(21)14-17-10-9-15(3)16(4)13-17/h9-10,13,18,21H,5-8,11-12,14H2,1-4H3. The van der Waals surface area contributed by atoms with Crippen LogP contribution in [0.1, 0.15) is 56.2 Å². The number of likely N-dealkylation sites (tertiary alicyclic amines) is 1. The van der Waals surface area contributed by atoms with Crippen LogP contribution in [-0.4, -0.2) is 34.7 Å². The van der Waals surface area contributed by atoms with Crippen LogP contribution in [0.5, 0.6) is 0 Å². The van der Waals surface area contributed by atoms with Gasteiger partial charge in [-0.25, -0.2) is 0 Å². The van der Waals surface area contributed by atoms with Gasteiger partial charge in [0.2, 0.25) is 0 Å². The predicted octanol–water partition coefficient (Wildman–Crippen LogP) is 3.86. The number of nitrogens with zero attached hydrogens (tertiary/aromatic N) is 1. The van der Waals surface area contributed by atoms with Crippen molar-refractivity contribution in [3.05, 3.63) is 34.9 Å². The lowest BCUT2D eigenvalue weighted by Crippen LogP contribution is -2.55. The van der Waals surface area contributed by atoms with Crippen LogP contribution in [0.4, 0.5) is 0 Å². The maximum Gasteiger partial charge on any atom is 0.0763 e. The van der Waals surface area contributed by atoms with Gasteiger partial charge in [0.05, 0.1) is 6.10 Å². The van der Waals surface area contributed by atoms with Crippen molar-refractivity contribution >= 4 is 0 Å². The molecular weight excluding hydrogens is 258 g/mol. The molecule has 1 aliphatic rings. The lowest BCUT2D eigenvalue weighted by Gasteiger charge is -2.44. The van der Waals surface area contributed by atoms with E-state index in [0.29, 0.717) is 0 Å². The second-order valence-electron chi connectivity index (χ2n) is 6.64. The Morgan fingerprint density at radius 2 is 1.71 bits per heavy atom. The Bertz CT molecular complexity index is 459. The molecule has 1 unspecified atom stereocenters. The van der Waals surface area contributed by atoms with Crippen molar-refractivity contribution in [1.82, 2.24) is 4.90 Å². The molecular formula is C19H31NO. The van der Waals surface area contributed by atoms with Crippen molar-refractivity contribution in [2.75, 3.05) is 13.1 Å². The smallest absolute Gasteiger partial charge is 0.0763 e. The van der Waals surface area contributed by atoms with Gasteiger partial charge >= 0.3 is 0 Å². The van der Waals surface area contributed by atoms with Gasteiger partial charge in [-0.1, -0.05) is 32.0 Å². The number of aliphatic hydroxyl groups is 1. The maximum atomic E-state index is 11.0. The summed E-state index contributed by atoms with van der Waals surface area (Å²) in [4.78, 5) is 2.54. The summed E-state index contributed by atoms with van der Waals surface area (Å²) in [5, 5.41) is 11.0. The molecule has 0 bridgehead atoms. The van der Waals surface area contributed by atoms with Crippen molar-refractivity contribution in [3.8, 4) is 0 Å². The molecule has 2 nitrogen and oxygen atoms in total. The van der Waals surface area contributed by atoms with Crippen molar-refractivity contribution in [3.63, 3.8) is 0 Å². The van der Waals surface area contributed by atoms with E-state index in [2.05, 4.69) is 50.8 Å². The first-order chi connectivity index (χ1) is 10.0. The third-order valence-corrected chi connectivity index (χ3v) is 5.58. The fraction of sp³-hybridized carbons (Fsp3) is 0.684. The van der Waals surface area contributed by atoms with Gasteiger partial charge in [-0.05, 0) is 69.3 Å². The molecule has 21 heavy (non-hydrogen) atoms. The molecule has 2 rings (SSSR count). The normalized spacial score (nSPS) is 18.1. The van der Waals surface area contributed by atoms with Gasteiger partial charge in [0.1, 0.15) is 0 Å². The summed E-state index contributed by atoms with van der Waals surface area (Å²) in [5.74, 6) is 0. The lowest BCUT2D eigenvalue weighted by molar-refractivity contribution is -0.0270. The van der Waals surface area contributed by atoms with Gasteiger partial charge < -0.3 is 5.11 Å². The average molecular weight is 289 g/mol. The Kier molecular flexibility index (Phi) is 5.45. The predicted molar refractivity (Wildman–Crippen MR) is 89.7 cm³/mol. The molecule has 0 aromatic heterocycles. The van der Waals surface area contributed by atoms with Crippen LogP contribution < -0.4 is 0 Å². The van der Waals surface area contributed by atoms with Crippen molar-refractivity contribution in [2.45, 2.75) is 71.4 Å². The molecule has 1 fully saturated rings. The van der Waals surface area contributed by atoms with Crippen molar-refractivity contribution < 1.29 is 5.11 Å². The van der Waals surface area contributed by atoms with Gasteiger partial charge in [-0.2, -0.15) is 0 Å². The van der Waals surface area contributed by atoms with Crippen molar-refractivity contribution in [1.29, 1.82) is 0 Å². The first kappa shape index (κ1) is 16.5. The highest BCUT2D eigenvalue weighted by molar-refractivity contribution is 5.30. The molecule has 1 saturated heterocycles. The highest BCUT2D eigenvalue weighted by Gasteiger charge is 2.41. The summed E-state index contributed by atoms with van der Waals surface area (Å²) in [5.41, 5.74) is 3.86. The molecule has 1 aliphatic heterocycles. The molecule has 1 atom stereocenters. The zero-order valence-electron chi connectivity index (χ0n) is 14.2. The minimum atomic E-state index is -0.285. The van der Waals surface area contributed by atoms with Crippen LogP contribution in [0.15, 0.2) is 18.2 Å². The first-order valence-electron chi connectivity index (χ1n) is 8.52. The van der Waals surface area contributed by atoms with Gasteiger partial charge in [0, 0.05) is 12.0 Å². The second-order valence-corrected chi connectivity index (χ2v) is 6.64. The van der Waals surface area contributed by atoms with E-state index in [4.69, 9.17) is 0 Å². The number of benzene rings is 1. The maximum absolute atomic E-state index is 11.0. The molecule has 0 radical (unpaired) electrons. The SMILES string of the molecule is CCC(CC)(C(O)Cc1ccc(C)c(C)c1)N1CCCC1. The third kappa shape index (κ3) is 3.32. The van der Waals surface area contributed by atoms with Crippen molar-refractivity contribution in [2.24, 2.45) is 0 Å². The van der Waals surface area contributed by atoms with Gasteiger partial charge in [-0.3, -0.25) is 4.90 Å². The summed E-state index contributed by atoms with van der Waals surface area (Å²) in [7, 11) is 0. The molecule has 1 N–H and O–H groups in total. The van der Waals surface area contributed by atoms with Crippen LogP contribution in [-0.2, 0) is 6.42 Å². The number of aliphatic hydroxyl groups excluding tert-OH is 1. The summed E-state index contributed by atoms with van der Waals surface area (Å²) in [6, 6.07) is 6.58. The Balaban J connectivity index is 2.17. The van der Waals surface area contributed by atoms with E-state index in [0.717, 1.165) is 32.4 Å².